The Bertz CT molecular complexity index is 369. The number of hydrogen-bond donors (Lipinski definition) is 1. The van der Waals surface area contributed by atoms with E-state index in [0.29, 0.717) is 12.1 Å². The number of benzene rings is 1. The number of nitrogens with one attached hydrogen (secondary N) is 1. The van der Waals surface area contributed by atoms with E-state index in [4.69, 9.17) is 4.74 Å². The van der Waals surface area contributed by atoms with Crippen LogP contribution in [0.5, 0.6) is 0 Å². The highest BCUT2D eigenvalue weighted by molar-refractivity contribution is 5.20. The Morgan fingerprint density at radius 2 is 2.05 bits per heavy atom. The van der Waals surface area contributed by atoms with Gasteiger partial charge in [-0.3, -0.25) is 4.90 Å². The molecule has 0 aromatic heterocycles. The lowest BCUT2D eigenvalue weighted by atomic mass is 10.00. The monoisotopic (exact) mass is 276 g/mol. The molecule has 2 atom stereocenters. The van der Waals surface area contributed by atoms with Gasteiger partial charge in [0.05, 0.1) is 0 Å². The third-order valence-electron chi connectivity index (χ3n) is 4.11. The number of ether oxygens (including phenoxy) is 1. The van der Waals surface area contributed by atoms with E-state index in [0.717, 1.165) is 39.3 Å². The summed E-state index contributed by atoms with van der Waals surface area (Å²) in [5.74, 6) is 0. The normalized spacial score (nSPS) is 23.9. The van der Waals surface area contributed by atoms with Gasteiger partial charge in [0.1, 0.15) is 0 Å². The molecule has 1 saturated heterocycles. The SMILES string of the molecule is CCOCCCN1CC(CC)NCC1c1ccccc1. The van der Waals surface area contributed by atoms with E-state index in [1.54, 1.807) is 0 Å². The topological polar surface area (TPSA) is 24.5 Å². The lowest BCUT2D eigenvalue weighted by Gasteiger charge is -2.40. The predicted molar refractivity (Wildman–Crippen MR) is 83.9 cm³/mol. The van der Waals surface area contributed by atoms with Crippen molar-refractivity contribution < 1.29 is 4.74 Å². The maximum Gasteiger partial charge on any atom is 0.0478 e. The Kier molecular flexibility index (Phi) is 6.51. The van der Waals surface area contributed by atoms with Crippen LogP contribution in [0.4, 0.5) is 0 Å². The van der Waals surface area contributed by atoms with Crippen molar-refractivity contribution in [2.75, 3.05) is 32.8 Å². The first-order valence-corrected chi connectivity index (χ1v) is 7.95. The molecular formula is C17H28N2O. The zero-order valence-electron chi connectivity index (χ0n) is 12.8. The molecule has 3 heteroatoms. The molecule has 112 valence electrons. The van der Waals surface area contributed by atoms with E-state index in [-0.39, 0.29) is 0 Å². The molecular weight excluding hydrogens is 248 g/mol. The van der Waals surface area contributed by atoms with Crippen molar-refractivity contribution in [3.63, 3.8) is 0 Å². The Morgan fingerprint density at radius 1 is 1.25 bits per heavy atom. The van der Waals surface area contributed by atoms with E-state index < -0.39 is 0 Å². The second-order valence-corrected chi connectivity index (χ2v) is 5.49. The molecule has 0 bridgehead atoms. The number of hydrogen-bond acceptors (Lipinski definition) is 3. The van der Waals surface area contributed by atoms with Gasteiger partial charge in [0, 0.05) is 44.9 Å². The second-order valence-electron chi connectivity index (χ2n) is 5.49. The highest BCUT2D eigenvalue weighted by atomic mass is 16.5. The van der Waals surface area contributed by atoms with Crippen LogP contribution in [0.1, 0.15) is 38.3 Å². The van der Waals surface area contributed by atoms with Crippen LogP contribution >= 0.6 is 0 Å². The fraction of sp³-hybridized carbons (Fsp3) is 0.647. The van der Waals surface area contributed by atoms with E-state index in [9.17, 15) is 0 Å². The molecule has 1 fully saturated rings. The van der Waals surface area contributed by atoms with Gasteiger partial charge < -0.3 is 10.1 Å². The smallest absolute Gasteiger partial charge is 0.0478 e. The third kappa shape index (κ3) is 4.30. The molecule has 0 aliphatic carbocycles. The van der Waals surface area contributed by atoms with Crippen molar-refractivity contribution in [2.24, 2.45) is 0 Å². The van der Waals surface area contributed by atoms with Crippen LogP contribution in [0.15, 0.2) is 30.3 Å². The van der Waals surface area contributed by atoms with Gasteiger partial charge in [-0.05, 0) is 25.3 Å². The first kappa shape index (κ1) is 15.5. The third-order valence-corrected chi connectivity index (χ3v) is 4.11. The molecule has 1 aromatic rings. The maximum atomic E-state index is 5.48. The first-order valence-electron chi connectivity index (χ1n) is 7.95. The quantitative estimate of drug-likeness (QED) is 0.775. The second kappa shape index (κ2) is 8.40. The molecule has 0 radical (unpaired) electrons. The molecule has 0 amide bonds. The summed E-state index contributed by atoms with van der Waals surface area (Å²) in [6.07, 6.45) is 2.32. The van der Waals surface area contributed by atoms with Crippen molar-refractivity contribution in [1.82, 2.24) is 10.2 Å². The van der Waals surface area contributed by atoms with Gasteiger partial charge in [-0.15, -0.1) is 0 Å². The van der Waals surface area contributed by atoms with Crippen molar-refractivity contribution in [2.45, 2.75) is 38.8 Å². The summed E-state index contributed by atoms with van der Waals surface area (Å²) in [7, 11) is 0. The summed E-state index contributed by atoms with van der Waals surface area (Å²) in [6.45, 7) is 9.33. The van der Waals surface area contributed by atoms with Crippen molar-refractivity contribution in [3.05, 3.63) is 35.9 Å². The summed E-state index contributed by atoms with van der Waals surface area (Å²) in [4.78, 5) is 2.62. The molecule has 2 rings (SSSR count). The van der Waals surface area contributed by atoms with Gasteiger partial charge in [0.25, 0.3) is 0 Å². The fourth-order valence-corrected chi connectivity index (χ4v) is 2.92. The molecule has 0 spiro atoms. The Labute approximate surface area is 123 Å². The first-order chi connectivity index (χ1) is 9.85. The van der Waals surface area contributed by atoms with E-state index in [2.05, 4.69) is 54.4 Å². The minimum atomic E-state index is 0.501. The zero-order valence-corrected chi connectivity index (χ0v) is 12.8. The van der Waals surface area contributed by atoms with Crippen LogP contribution in [0, 0.1) is 0 Å². The predicted octanol–water partition coefficient (Wildman–Crippen LogP) is 2.84. The minimum Gasteiger partial charge on any atom is -0.382 e. The highest BCUT2D eigenvalue weighted by Gasteiger charge is 2.27. The lowest BCUT2D eigenvalue weighted by molar-refractivity contribution is 0.0962. The average Bonchev–Trinajstić information content (AvgIpc) is 2.52. The molecule has 0 saturated carbocycles. The number of rotatable bonds is 7. The molecule has 20 heavy (non-hydrogen) atoms. The Hall–Kier alpha value is -0.900. The van der Waals surface area contributed by atoms with E-state index >= 15 is 0 Å². The van der Waals surface area contributed by atoms with Gasteiger partial charge in [-0.25, -0.2) is 0 Å². The van der Waals surface area contributed by atoms with Gasteiger partial charge in [0.2, 0.25) is 0 Å². The van der Waals surface area contributed by atoms with E-state index in [1.807, 2.05) is 0 Å². The standard InChI is InChI=1S/C17H28N2O/c1-3-16-14-19(11-8-12-20-4-2)17(13-18-16)15-9-6-5-7-10-15/h5-7,9-10,16-18H,3-4,8,11-14H2,1-2H3. The summed E-state index contributed by atoms with van der Waals surface area (Å²) in [6, 6.07) is 12.0. The molecule has 1 N–H and O–H groups in total. The van der Waals surface area contributed by atoms with Crippen LogP contribution in [-0.4, -0.2) is 43.8 Å². The summed E-state index contributed by atoms with van der Waals surface area (Å²) in [5.41, 5.74) is 1.42. The highest BCUT2D eigenvalue weighted by Crippen LogP contribution is 2.24. The molecule has 1 heterocycles. The summed E-state index contributed by atoms with van der Waals surface area (Å²) in [5, 5.41) is 3.68. The van der Waals surface area contributed by atoms with Gasteiger partial charge >= 0.3 is 0 Å². The minimum absolute atomic E-state index is 0.501. The molecule has 1 aromatic carbocycles. The Balaban J connectivity index is 1.96. The molecule has 1 aliphatic heterocycles. The number of piperazine rings is 1. The average molecular weight is 276 g/mol. The summed E-state index contributed by atoms with van der Waals surface area (Å²) < 4.78 is 5.48. The van der Waals surface area contributed by atoms with Gasteiger partial charge in [-0.1, -0.05) is 37.3 Å². The number of nitrogens with zero attached hydrogens (tertiary/aromatic N) is 1. The van der Waals surface area contributed by atoms with Crippen LogP contribution in [0.3, 0.4) is 0 Å². The van der Waals surface area contributed by atoms with Crippen molar-refractivity contribution >= 4 is 0 Å². The Morgan fingerprint density at radius 3 is 2.75 bits per heavy atom. The molecule has 1 aliphatic rings. The molecule has 2 unspecified atom stereocenters. The van der Waals surface area contributed by atoms with Crippen LogP contribution < -0.4 is 5.32 Å². The zero-order chi connectivity index (χ0) is 14.2. The van der Waals surface area contributed by atoms with E-state index in [1.165, 1.54) is 12.0 Å². The van der Waals surface area contributed by atoms with Gasteiger partial charge in [-0.2, -0.15) is 0 Å². The van der Waals surface area contributed by atoms with Crippen LogP contribution in [0.25, 0.3) is 0 Å². The van der Waals surface area contributed by atoms with Gasteiger partial charge in [0.15, 0.2) is 0 Å². The van der Waals surface area contributed by atoms with Crippen LogP contribution in [-0.2, 0) is 4.74 Å². The van der Waals surface area contributed by atoms with Crippen molar-refractivity contribution in [1.29, 1.82) is 0 Å². The fourth-order valence-electron chi connectivity index (χ4n) is 2.92. The lowest BCUT2D eigenvalue weighted by Crippen LogP contribution is -2.52. The van der Waals surface area contributed by atoms with Crippen LogP contribution in [0.2, 0.25) is 0 Å². The summed E-state index contributed by atoms with van der Waals surface area (Å²) >= 11 is 0. The molecule has 3 nitrogen and oxygen atoms in total. The maximum absolute atomic E-state index is 5.48. The van der Waals surface area contributed by atoms with Crippen molar-refractivity contribution in [3.8, 4) is 0 Å². The largest absolute Gasteiger partial charge is 0.382 e.